The standard InChI is InChI=1S/C24H33ClN6O2/c1-13(2)22-15(6-7-27-30-22)10-26-20(32)12-31-23(33)21(25)19(11-28-31)29-18-9-16-8-17(14(18)3)24(16,4)5/h6-7,11,13-14,16-18,29H,8-10,12H2,1-5H3,(H,26,32)/t14-,16+,17-,18-/m1/s1. The number of anilines is 1. The molecule has 9 heteroatoms. The zero-order valence-electron chi connectivity index (χ0n) is 19.9. The highest BCUT2D eigenvalue weighted by atomic mass is 35.5. The molecule has 2 bridgehead atoms. The lowest BCUT2D eigenvalue weighted by Gasteiger charge is -2.62. The molecular formula is C24H33ClN6O2. The molecular weight excluding hydrogens is 440 g/mol. The van der Waals surface area contributed by atoms with Crippen molar-refractivity contribution in [1.82, 2.24) is 25.3 Å². The fourth-order valence-corrected chi connectivity index (χ4v) is 5.81. The molecule has 2 aromatic heterocycles. The molecule has 0 aromatic carbocycles. The number of carbonyl (C=O) groups excluding carboxylic acids is 1. The number of rotatable bonds is 7. The Balaban J connectivity index is 1.39. The molecule has 33 heavy (non-hydrogen) atoms. The number of hydrogen-bond donors (Lipinski definition) is 2. The van der Waals surface area contributed by atoms with Crippen LogP contribution in [0.1, 0.15) is 64.6 Å². The number of nitrogens with zero attached hydrogens (tertiary/aromatic N) is 4. The SMILES string of the molecule is CC(C)c1nnccc1CNC(=O)Cn1ncc(N[C@@H]2C[C@@H]3C[C@H]([C@H]2C)C3(C)C)c(Cl)c1=O. The predicted molar refractivity (Wildman–Crippen MR) is 128 cm³/mol. The van der Waals surface area contributed by atoms with E-state index in [0.717, 1.165) is 22.4 Å². The summed E-state index contributed by atoms with van der Waals surface area (Å²) in [6.45, 7) is 11.1. The Morgan fingerprint density at radius 1 is 1.33 bits per heavy atom. The summed E-state index contributed by atoms with van der Waals surface area (Å²) >= 11 is 6.40. The van der Waals surface area contributed by atoms with Gasteiger partial charge in [-0.1, -0.05) is 46.2 Å². The van der Waals surface area contributed by atoms with Crippen molar-refractivity contribution >= 4 is 23.2 Å². The first-order valence-electron chi connectivity index (χ1n) is 11.7. The monoisotopic (exact) mass is 472 g/mol. The Morgan fingerprint density at radius 3 is 2.76 bits per heavy atom. The van der Waals surface area contributed by atoms with Crippen molar-refractivity contribution in [3.63, 3.8) is 0 Å². The summed E-state index contributed by atoms with van der Waals surface area (Å²) in [5.41, 5.74) is 2.19. The van der Waals surface area contributed by atoms with E-state index in [2.05, 4.69) is 46.7 Å². The van der Waals surface area contributed by atoms with E-state index in [9.17, 15) is 9.59 Å². The van der Waals surface area contributed by atoms with Gasteiger partial charge in [0.2, 0.25) is 5.91 Å². The Labute approximate surface area is 199 Å². The maximum atomic E-state index is 12.8. The number of nitrogens with one attached hydrogen (secondary N) is 2. The van der Waals surface area contributed by atoms with Gasteiger partial charge in [0, 0.05) is 18.8 Å². The molecule has 2 N–H and O–H groups in total. The van der Waals surface area contributed by atoms with Crippen LogP contribution in [0.5, 0.6) is 0 Å². The van der Waals surface area contributed by atoms with Gasteiger partial charge in [-0.2, -0.15) is 15.3 Å². The van der Waals surface area contributed by atoms with Gasteiger partial charge in [0.1, 0.15) is 11.6 Å². The average molecular weight is 473 g/mol. The first-order chi connectivity index (χ1) is 15.6. The van der Waals surface area contributed by atoms with Gasteiger partial charge in [-0.15, -0.1) is 0 Å². The van der Waals surface area contributed by atoms with Crippen LogP contribution >= 0.6 is 11.6 Å². The third kappa shape index (κ3) is 4.50. The van der Waals surface area contributed by atoms with Gasteiger partial charge >= 0.3 is 0 Å². The fourth-order valence-electron chi connectivity index (χ4n) is 5.61. The van der Waals surface area contributed by atoms with Gasteiger partial charge in [0.15, 0.2) is 0 Å². The van der Waals surface area contributed by atoms with Crippen molar-refractivity contribution < 1.29 is 4.79 Å². The molecule has 0 spiro atoms. The van der Waals surface area contributed by atoms with Crippen molar-refractivity contribution in [2.75, 3.05) is 5.32 Å². The van der Waals surface area contributed by atoms with Gasteiger partial charge in [0.25, 0.3) is 5.56 Å². The number of amides is 1. The Morgan fingerprint density at radius 2 is 2.09 bits per heavy atom. The van der Waals surface area contributed by atoms with Gasteiger partial charge in [-0.25, -0.2) is 4.68 Å². The summed E-state index contributed by atoms with van der Waals surface area (Å²) < 4.78 is 1.10. The second-order valence-corrected chi connectivity index (χ2v) is 10.8. The van der Waals surface area contributed by atoms with Crippen LogP contribution in [0.25, 0.3) is 0 Å². The smallest absolute Gasteiger partial charge is 0.288 e. The summed E-state index contributed by atoms with van der Waals surface area (Å²) in [4.78, 5) is 25.2. The topological polar surface area (TPSA) is 102 Å². The van der Waals surface area contributed by atoms with E-state index in [1.165, 1.54) is 6.42 Å². The van der Waals surface area contributed by atoms with E-state index < -0.39 is 5.56 Å². The minimum atomic E-state index is -0.473. The largest absolute Gasteiger partial charge is 0.379 e. The van der Waals surface area contributed by atoms with Crippen molar-refractivity contribution in [2.45, 2.75) is 72.5 Å². The fraction of sp³-hybridized carbons (Fsp3) is 0.625. The van der Waals surface area contributed by atoms with Gasteiger partial charge in [-0.05, 0) is 53.6 Å². The highest BCUT2D eigenvalue weighted by molar-refractivity contribution is 6.32. The zero-order valence-corrected chi connectivity index (χ0v) is 20.7. The molecule has 3 saturated carbocycles. The Bertz CT molecular complexity index is 1100. The van der Waals surface area contributed by atoms with Crippen LogP contribution in [-0.2, 0) is 17.9 Å². The van der Waals surface area contributed by atoms with Gasteiger partial charge in [-0.3, -0.25) is 9.59 Å². The summed E-state index contributed by atoms with van der Waals surface area (Å²) in [5, 5.41) is 18.6. The number of fused-ring (bicyclic) bond motifs is 2. The molecule has 4 atom stereocenters. The molecule has 3 aliphatic rings. The average Bonchev–Trinajstić information content (AvgIpc) is 2.78. The van der Waals surface area contributed by atoms with Crippen molar-refractivity contribution in [2.24, 2.45) is 23.2 Å². The van der Waals surface area contributed by atoms with Crippen LogP contribution in [-0.4, -0.2) is 31.9 Å². The predicted octanol–water partition coefficient (Wildman–Crippen LogP) is 3.61. The molecule has 5 rings (SSSR count). The minimum absolute atomic E-state index is 0.0731. The number of hydrogen-bond acceptors (Lipinski definition) is 6. The van der Waals surface area contributed by atoms with E-state index >= 15 is 0 Å². The maximum Gasteiger partial charge on any atom is 0.288 e. The van der Waals surface area contributed by atoms with Crippen LogP contribution in [0.4, 0.5) is 5.69 Å². The lowest BCUT2D eigenvalue weighted by Crippen LogP contribution is -2.58. The molecule has 3 aliphatic carbocycles. The van der Waals surface area contributed by atoms with E-state index in [1.807, 2.05) is 19.9 Å². The zero-order chi connectivity index (χ0) is 23.9. The molecule has 0 saturated heterocycles. The highest BCUT2D eigenvalue weighted by Crippen LogP contribution is 2.61. The molecule has 0 aliphatic heterocycles. The first-order valence-corrected chi connectivity index (χ1v) is 12.1. The van der Waals surface area contributed by atoms with E-state index in [4.69, 9.17) is 11.6 Å². The second kappa shape index (κ2) is 9.05. The second-order valence-electron chi connectivity index (χ2n) is 10.4. The van der Waals surface area contributed by atoms with Crippen LogP contribution in [0.2, 0.25) is 5.02 Å². The minimum Gasteiger partial charge on any atom is -0.379 e. The summed E-state index contributed by atoms with van der Waals surface area (Å²) in [7, 11) is 0. The molecule has 3 fully saturated rings. The number of halogens is 1. The third-order valence-corrected chi connectivity index (χ3v) is 8.20. The van der Waals surface area contributed by atoms with Crippen LogP contribution in [0, 0.1) is 23.2 Å². The summed E-state index contributed by atoms with van der Waals surface area (Å²) in [6.07, 6.45) is 5.50. The van der Waals surface area contributed by atoms with Gasteiger partial charge < -0.3 is 10.6 Å². The van der Waals surface area contributed by atoms with Crippen molar-refractivity contribution in [1.29, 1.82) is 0 Å². The van der Waals surface area contributed by atoms with Crippen molar-refractivity contribution in [3.05, 3.63) is 45.1 Å². The quantitative estimate of drug-likeness (QED) is 0.638. The lowest BCUT2D eigenvalue weighted by molar-refractivity contribution is -0.122. The summed E-state index contributed by atoms with van der Waals surface area (Å²) in [5.74, 6) is 1.73. The third-order valence-electron chi connectivity index (χ3n) is 7.83. The van der Waals surface area contributed by atoms with Gasteiger partial charge in [0.05, 0.1) is 17.6 Å². The number of aromatic nitrogens is 4. The van der Waals surface area contributed by atoms with Crippen LogP contribution < -0.4 is 16.2 Å². The van der Waals surface area contributed by atoms with Crippen molar-refractivity contribution in [3.8, 4) is 0 Å². The highest BCUT2D eigenvalue weighted by Gasteiger charge is 2.56. The lowest BCUT2D eigenvalue weighted by atomic mass is 9.45. The summed E-state index contributed by atoms with van der Waals surface area (Å²) in [6, 6.07) is 2.10. The van der Waals surface area contributed by atoms with E-state index in [-0.39, 0.29) is 29.4 Å². The van der Waals surface area contributed by atoms with E-state index in [0.29, 0.717) is 35.4 Å². The Kier molecular flexibility index (Phi) is 6.49. The normalized spacial score (nSPS) is 25.4. The van der Waals surface area contributed by atoms with Crippen LogP contribution in [0.3, 0.4) is 0 Å². The molecule has 178 valence electrons. The van der Waals surface area contributed by atoms with E-state index in [1.54, 1.807) is 12.4 Å². The molecule has 2 aromatic rings. The molecule has 0 unspecified atom stereocenters. The molecule has 1 amide bonds. The molecule has 8 nitrogen and oxygen atoms in total. The molecule has 0 radical (unpaired) electrons. The number of carbonyl (C=O) groups is 1. The first kappa shape index (κ1) is 23.7. The Hall–Kier alpha value is -2.48. The maximum absolute atomic E-state index is 12.8. The molecule has 2 heterocycles. The van der Waals surface area contributed by atoms with Crippen LogP contribution in [0.15, 0.2) is 23.3 Å².